The van der Waals surface area contributed by atoms with Gasteiger partial charge in [-0.1, -0.05) is 31.8 Å². The average molecular weight is 141 g/mol. The molecule has 0 amide bonds. The maximum atomic E-state index is 4.00. The van der Waals surface area contributed by atoms with Gasteiger partial charge in [0.1, 0.15) is 0 Å². The zero-order chi connectivity index (χ0) is 7.11. The fourth-order valence-corrected chi connectivity index (χ4v) is 0.898. The van der Waals surface area contributed by atoms with Gasteiger partial charge in [-0.25, -0.2) is 0 Å². The molecule has 0 N–H and O–H groups in total. The zero-order valence-corrected chi connectivity index (χ0v) is 6.45. The molecule has 0 atom stereocenters. The molecule has 0 fully saturated rings. The van der Waals surface area contributed by atoms with Crippen LogP contribution in [-0.4, -0.2) is 5.04 Å². The van der Waals surface area contributed by atoms with Crippen LogP contribution < -0.4 is 0 Å². The summed E-state index contributed by atoms with van der Waals surface area (Å²) in [5.41, 5.74) is 0. The van der Waals surface area contributed by atoms with E-state index >= 15 is 0 Å². The number of hydrogen-bond donors (Lipinski definition) is 0. The summed E-state index contributed by atoms with van der Waals surface area (Å²) in [6, 6.07) is 0. The Morgan fingerprint density at radius 2 is 2.33 bits per heavy atom. The fourth-order valence-electron chi connectivity index (χ4n) is 0.403. The van der Waals surface area contributed by atoms with Crippen molar-refractivity contribution in [2.75, 3.05) is 0 Å². The first-order valence-electron chi connectivity index (χ1n) is 2.80. The third-order valence-electron chi connectivity index (χ3n) is 0.757. The van der Waals surface area contributed by atoms with Crippen molar-refractivity contribution < 1.29 is 0 Å². The van der Waals surface area contributed by atoms with Gasteiger partial charge >= 0.3 is 0 Å². The van der Waals surface area contributed by atoms with Crippen LogP contribution in [0.5, 0.6) is 0 Å². The van der Waals surface area contributed by atoms with Gasteiger partial charge in [0.25, 0.3) is 0 Å². The largest absolute Gasteiger partial charge is 0.255 e. The highest BCUT2D eigenvalue weighted by Crippen LogP contribution is 2.07. The first-order chi connectivity index (χ1) is 4.35. The van der Waals surface area contributed by atoms with Crippen molar-refractivity contribution in [3.05, 3.63) is 24.8 Å². The monoisotopic (exact) mass is 141 g/mol. The second kappa shape index (κ2) is 5.63. The van der Waals surface area contributed by atoms with E-state index in [0.717, 1.165) is 11.5 Å². The van der Waals surface area contributed by atoms with E-state index in [9.17, 15) is 0 Å². The van der Waals surface area contributed by atoms with Crippen molar-refractivity contribution in [1.29, 1.82) is 0 Å². The van der Waals surface area contributed by atoms with E-state index in [0.29, 0.717) is 0 Å². The van der Waals surface area contributed by atoms with Crippen molar-refractivity contribution in [1.82, 2.24) is 0 Å². The molecule has 1 nitrogen and oxygen atoms in total. The predicted octanol–water partition coefficient (Wildman–Crippen LogP) is 2.82. The maximum absolute atomic E-state index is 4.00. The highest BCUT2D eigenvalue weighted by molar-refractivity contribution is 8.16. The third kappa shape index (κ3) is 4.03. The lowest BCUT2D eigenvalue weighted by Crippen LogP contribution is -1.83. The van der Waals surface area contributed by atoms with E-state index in [1.165, 1.54) is 0 Å². The molecule has 9 heavy (non-hydrogen) atoms. The number of hydrogen-bond acceptors (Lipinski definition) is 2. The normalized spacial score (nSPS) is 11.0. The molecule has 2 heteroatoms. The molecule has 0 rings (SSSR count). The Balaban J connectivity index is 3.79. The Kier molecular flexibility index (Phi) is 5.32. The van der Waals surface area contributed by atoms with Gasteiger partial charge in [0.05, 0.1) is 5.04 Å². The van der Waals surface area contributed by atoms with Gasteiger partial charge in [-0.2, -0.15) is 0 Å². The Bertz CT molecular complexity index is 127. The molecule has 0 radical (unpaired) electrons. The van der Waals surface area contributed by atoms with Gasteiger partial charge in [-0.3, -0.25) is 4.99 Å². The van der Waals surface area contributed by atoms with E-state index in [1.807, 2.05) is 0 Å². The lowest BCUT2D eigenvalue weighted by atomic mass is 10.5. The summed E-state index contributed by atoms with van der Waals surface area (Å²) < 4.78 is 0. The van der Waals surface area contributed by atoms with Crippen LogP contribution in [-0.2, 0) is 0 Å². The molecule has 0 aromatic carbocycles. The Hall–Kier alpha value is -0.500. The van der Waals surface area contributed by atoms with Crippen molar-refractivity contribution in [3.63, 3.8) is 0 Å². The second-order valence-electron chi connectivity index (χ2n) is 1.34. The molecule has 0 unspecified atom stereocenters. The van der Waals surface area contributed by atoms with Gasteiger partial charge in [-0.15, -0.1) is 0 Å². The van der Waals surface area contributed by atoms with Crippen molar-refractivity contribution in [2.45, 2.75) is 13.3 Å². The summed E-state index contributed by atoms with van der Waals surface area (Å²) in [6.45, 7) is 9.13. The lowest BCUT2D eigenvalue weighted by Gasteiger charge is -1.93. The van der Waals surface area contributed by atoms with Crippen molar-refractivity contribution in [3.8, 4) is 0 Å². The molecule has 0 heterocycles. The first kappa shape index (κ1) is 8.50. The smallest absolute Gasteiger partial charge is 0.0769 e. The van der Waals surface area contributed by atoms with E-state index in [4.69, 9.17) is 0 Å². The molecular weight excluding hydrogens is 130 g/mol. The minimum Gasteiger partial charge on any atom is -0.255 e. The summed E-state index contributed by atoms with van der Waals surface area (Å²) in [7, 11) is 0. The van der Waals surface area contributed by atoms with Gasteiger partial charge in [0.2, 0.25) is 0 Å². The van der Waals surface area contributed by atoms with Gasteiger partial charge < -0.3 is 0 Å². The van der Waals surface area contributed by atoms with Crippen LogP contribution in [0.1, 0.15) is 13.3 Å². The van der Waals surface area contributed by atoms with Crippen LogP contribution in [0.2, 0.25) is 0 Å². The van der Waals surface area contributed by atoms with Gasteiger partial charge in [0.15, 0.2) is 0 Å². The first-order valence-corrected chi connectivity index (χ1v) is 3.68. The third-order valence-corrected chi connectivity index (χ3v) is 1.59. The van der Waals surface area contributed by atoms with Crippen LogP contribution in [0.25, 0.3) is 0 Å². The SMILES string of the molecule is C=C/N=C(/CC)SC=C. The molecule has 0 bridgehead atoms. The molecule has 0 aliphatic rings. The standard InChI is InChI=1S/C7H11NS/c1-4-7(8-5-2)9-6-3/h5-6H,2-4H2,1H3/b8-7-. The summed E-state index contributed by atoms with van der Waals surface area (Å²) in [4.78, 5) is 4.00. The van der Waals surface area contributed by atoms with Gasteiger partial charge in [-0.05, 0) is 11.8 Å². The Morgan fingerprint density at radius 3 is 2.67 bits per heavy atom. The number of rotatable bonds is 3. The minimum absolute atomic E-state index is 0.947. The summed E-state index contributed by atoms with van der Waals surface area (Å²) >= 11 is 1.54. The number of thioether (sulfide) groups is 1. The topological polar surface area (TPSA) is 12.4 Å². The van der Waals surface area contributed by atoms with Crippen LogP contribution in [0.4, 0.5) is 0 Å². The van der Waals surface area contributed by atoms with Crippen LogP contribution in [0.15, 0.2) is 29.8 Å². The zero-order valence-electron chi connectivity index (χ0n) is 5.63. The minimum atomic E-state index is 0.947. The van der Waals surface area contributed by atoms with E-state index in [1.54, 1.807) is 23.4 Å². The number of aliphatic imine (C=N–C) groups is 1. The maximum Gasteiger partial charge on any atom is 0.0769 e. The molecule has 0 aromatic heterocycles. The fraction of sp³-hybridized carbons (Fsp3) is 0.286. The molecular formula is C7H11NS. The van der Waals surface area contributed by atoms with E-state index in [2.05, 4.69) is 25.1 Å². The predicted molar refractivity (Wildman–Crippen MR) is 45.7 cm³/mol. The molecule has 0 spiro atoms. The average Bonchev–Trinajstić information content (AvgIpc) is 1.88. The molecule has 0 aromatic rings. The van der Waals surface area contributed by atoms with Gasteiger partial charge in [0, 0.05) is 6.20 Å². The van der Waals surface area contributed by atoms with E-state index < -0.39 is 0 Å². The van der Waals surface area contributed by atoms with Crippen molar-refractivity contribution >= 4 is 16.8 Å². The lowest BCUT2D eigenvalue weighted by molar-refractivity contribution is 1.30. The van der Waals surface area contributed by atoms with E-state index in [-0.39, 0.29) is 0 Å². The highest BCUT2D eigenvalue weighted by Gasteiger charge is 1.88. The highest BCUT2D eigenvalue weighted by atomic mass is 32.2. The Labute approximate surface area is 60.6 Å². The van der Waals surface area contributed by atoms with Crippen LogP contribution in [0, 0.1) is 0 Å². The van der Waals surface area contributed by atoms with Crippen LogP contribution in [0.3, 0.4) is 0 Å². The summed E-state index contributed by atoms with van der Waals surface area (Å²) in [6.07, 6.45) is 2.50. The quantitative estimate of drug-likeness (QED) is 0.435. The molecule has 0 aliphatic carbocycles. The van der Waals surface area contributed by atoms with Crippen molar-refractivity contribution in [2.24, 2.45) is 4.99 Å². The Morgan fingerprint density at radius 1 is 1.67 bits per heavy atom. The molecule has 0 saturated heterocycles. The summed E-state index contributed by atoms with van der Waals surface area (Å²) in [5, 5.41) is 2.83. The van der Waals surface area contributed by atoms with Crippen LogP contribution >= 0.6 is 11.8 Å². The second-order valence-corrected chi connectivity index (χ2v) is 2.38. The number of nitrogens with zero attached hydrogens (tertiary/aromatic N) is 1. The molecule has 0 aliphatic heterocycles. The summed E-state index contributed by atoms with van der Waals surface area (Å²) in [5.74, 6) is 0. The molecule has 0 saturated carbocycles. The molecule has 50 valence electrons.